The minimum Gasteiger partial charge on any atom is -0.441 e. The predicted octanol–water partition coefficient (Wildman–Crippen LogP) is 7.38. The lowest BCUT2D eigenvalue weighted by atomic mass is 9.92. The highest BCUT2D eigenvalue weighted by Crippen LogP contribution is 2.35. The lowest BCUT2D eigenvalue weighted by molar-refractivity contribution is -0.115. The van der Waals surface area contributed by atoms with Crippen LogP contribution in [0.2, 0.25) is 0 Å². The molecule has 6 heteroatoms. The summed E-state index contributed by atoms with van der Waals surface area (Å²) in [6.07, 6.45) is 9.73. The Bertz CT molecular complexity index is 1560. The van der Waals surface area contributed by atoms with Crippen LogP contribution in [0.15, 0.2) is 70.9 Å². The first kappa shape index (κ1) is 24.4. The highest BCUT2D eigenvalue weighted by Gasteiger charge is 2.28. The molecule has 3 aromatic rings. The second kappa shape index (κ2) is 9.75. The number of para-hydroxylation sites is 1. The maximum absolute atomic E-state index is 12.5. The molecule has 1 aliphatic heterocycles. The summed E-state index contributed by atoms with van der Waals surface area (Å²) in [5, 5.41) is 4.67. The molecule has 2 aliphatic carbocycles. The minimum atomic E-state index is -0.313. The number of aryl methyl sites for hydroxylation is 1. The number of aromatic nitrogens is 1. The maximum Gasteiger partial charge on any atom is 0.419 e. The van der Waals surface area contributed by atoms with Gasteiger partial charge in [0.15, 0.2) is 5.78 Å². The number of nitrogens with zero attached hydrogens (tertiary/aromatic N) is 2. The number of cyclic esters (lactones) is 1. The summed E-state index contributed by atoms with van der Waals surface area (Å²) in [6, 6.07) is 12.4. The van der Waals surface area contributed by atoms with Crippen molar-refractivity contribution >= 4 is 39.9 Å². The van der Waals surface area contributed by atoms with Crippen molar-refractivity contribution in [2.45, 2.75) is 59.0 Å². The van der Waals surface area contributed by atoms with Crippen molar-refractivity contribution in [3.63, 3.8) is 0 Å². The van der Waals surface area contributed by atoms with Gasteiger partial charge in [0.05, 0.1) is 16.9 Å². The van der Waals surface area contributed by atoms with Gasteiger partial charge in [0.1, 0.15) is 6.10 Å². The number of hydrogen-bond acceptors (Lipinski definition) is 5. The van der Waals surface area contributed by atoms with Gasteiger partial charge in [0.2, 0.25) is 0 Å². The number of anilines is 1. The van der Waals surface area contributed by atoms with E-state index in [-0.39, 0.29) is 12.2 Å². The summed E-state index contributed by atoms with van der Waals surface area (Å²) in [4.78, 5) is 29.9. The number of hydrogen-bond donors (Lipinski definition) is 1. The van der Waals surface area contributed by atoms with Crippen LogP contribution < -0.4 is 5.32 Å². The average Bonchev–Trinajstić information content (AvgIpc) is 3.45. The number of carbonyl (C=O) groups excluding carboxylic acids is 2. The Kier molecular flexibility index (Phi) is 6.26. The normalized spacial score (nSPS) is 22.9. The topological polar surface area (TPSA) is 72.7 Å². The van der Waals surface area contributed by atoms with E-state index in [1.807, 2.05) is 31.3 Å². The van der Waals surface area contributed by atoms with E-state index in [9.17, 15) is 9.59 Å². The second-order valence-corrected chi connectivity index (χ2v) is 10.7. The summed E-state index contributed by atoms with van der Waals surface area (Å²) in [7, 11) is 0. The highest BCUT2D eigenvalue weighted by molar-refractivity contribution is 6.17. The summed E-state index contributed by atoms with van der Waals surface area (Å²) < 4.78 is 7.13. The van der Waals surface area contributed by atoms with Crippen molar-refractivity contribution in [2.75, 3.05) is 11.9 Å². The zero-order valence-corrected chi connectivity index (χ0v) is 22.2. The van der Waals surface area contributed by atoms with E-state index in [0.29, 0.717) is 18.1 Å². The first-order valence-corrected chi connectivity index (χ1v) is 13.6. The molecule has 0 saturated carbocycles. The van der Waals surface area contributed by atoms with Crippen LogP contribution in [0, 0.1) is 12.8 Å². The van der Waals surface area contributed by atoms with Crippen LogP contribution in [0.4, 0.5) is 16.2 Å². The molecule has 2 aromatic carbocycles. The van der Waals surface area contributed by atoms with Gasteiger partial charge in [0.25, 0.3) is 0 Å². The lowest BCUT2D eigenvalue weighted by Crippen LogP contribution is -2.21. The molecule has 2 unspecified atom stereocenters. The van der Waals surface area contributed by atoms with E-state index in [2.05, 4.69) is 49.5 Å². The number of nitrogens with one attached hydrogen (secondary N) is 1. The van der Waals surface area contributed by atoms with Crippen LogP contribution in [-0.4, -0.2) is 28.7 Å². The number of ketones is 1. The minimum absolute atomic E-state index is 0.234. The number of benzene rings is 2. The first-order chi connectivity index (χ1) is 18.4. The summed E-state index contributed by atoms with van der Waals surface area (Å²) in [6.45, 7) is 6.93. The second-order valence-electron chi connectivity index (χ2n) is 10.7. The van der Waals surface area contributed by atoms with Gasteiger partial charge in [-0.25, -0.2) is 9.79 Å². The van der Waals surface area contributed by atoms with Gasteiger partial charge in [-0.15, -0.1) is 0 Å². The predicted molar refractivity (Wildman–Crippen MR) is 152 cm³/mol. The Morgan fingerprint density at radius 2 is 1.95 bits per heavy atom. The molecule has 2 atom stereocenters. The standard InChI is InChI=1S/C32H33N3O3/c1-19-7-10-27-26(11-14-30(27)36)29(12-8-19)34-23-9-13-28(20(2)17-23)33-16-15-22-18-35-31-24(5-4-6-25(22)31)21(3)38-32(35)37/h4-6,8-9,12-13,17-19,21,33H,7,10-11,14-16H2,1-3H3/b12-8-,34-29?. The van der Waals surface area contributed by atoms with Crippen molar-refractivity contribution in [1.82, 2.24) is 4.57 Å². The number of aliphatic imine (C=N–C) groups is 1. The zero-order valence-electron chi connectivity index (χ0n) is 22.2. The molecule has 2 heterocycles. The Balaban J connectivity index is 1.20. The molecule has 0 amide bonds. The quantitative estimate of drug-likeness (QED) is 0.391. The van der Waals surface area contributed by atoms with E-state index in [4.69, 9.17) is 9.73 Å². The zero-order chi connectivity index (χ0) is 26.4. The molecule has 0 fully saturated rings. The summed E-state index contributed by atoms with van der Waals surface area (Å²) >= 11 is 0. The Morgan fingerprint density at radius 1 is 1.08 bits per heavy atom. The number of allylic oxidation sites excluding steroid dienone is 4. The van der Waals surface area contributed by atoms with E-state index in [0.717, 1.165) is 88.1 Å². The molecule has 1 aromatic heterocycles. The number of ether oxygens (including phenoxy) is 1. The Morgan fingerprint density at radius 3 is 2.79 bits per heavy atom. The SMILES string of the molecule is Cc1cc(N=C2/C=C\C(C)CCC3=C2CCC3=O)ccc1NCCc1cn2c3c(cccc13)C(C)OC2=O. The molecule has 0 saturated heterocycles. The molecule has 0 spiro atoms. The van der Waals surface area contributed by atoms with Gasteiger partial charge >= 0.3 is 6.09 Å². The molecule has 0 bridgehead atoms. The van der Waals surface area contributed by atoms with E-state index >= 15 is 0 Å². The van der Waals surface area contributed by atoms with Crippen molar-refractivity contribution < 1.29 is 14.3 Å². The van der Waals surface area contributed by atoms with Crippen molar-refractivity contribution in [3.8, 4) is 0 Å². The van der Waals surface area contributed by atoms with Gasteiger partial charge in [0, 0.05) is 41.4 Å². The van der Waals surface area contributed by atoms with Crippen molar-refractivity contribution in [3.05, 3.63) is 82.6 Å². The third-order valence-corrected chi connectivity index (χ3v) is 8.07. The third kappa shape index (κ3) is 4.38. The van der Waals surface area contributed by atoms with Gasteiger partial charge in [-0.3, -0.25) is 9.36 Å². The molecular formula is C32H33N3O3. The first-order valence-electron chi connectivity index (χ1n) is 13.6. The molecule has 0 radical (unpaired) electrons. The number of rotatable bonds is 5. The molecule has 3 aliphatic rings. The van der Waals surface area contributed by atoms with Crippen LogP contribution in [0.1, 0.15) is 62.3 Å². The fourth-order valence-corrected chi connectivity index (χ4v) is 5.92. The van der Waals surface area contributed by atoms with Gasteiger partial charge in [-0.1, -0.05) is 31.2 Å². The smallest absolute Gasteiger partial charge is 0.419 e. The number of Topliss-reactive ketones (excluding diaryl/α,β-unsaturated/α-hetero) is 1. The monoisotopic (exact) mass is 507 g/mol. The van der Waals surface area contributed by atoms with E-state index in [1.165, 1.54) is 0 Å². The molecule has 6 rings (SSSR count). The van der Waals surface area contributed by atoms with Crippen molar-refractivity contribution in [1.29, 1.82) is 0 Å². The van der Waals surface area contributed by atoms with Crippen LogP contribution in [0.5, 0.6) is 0 Å². The van der Waals surface area contributed by atoms with Crippen LogP contribution >= 0.6 is 0 Å². The van der Waals surface area contributed by atoms with E-state index in [1.54, 1.807) is 4.57 Å². The average molecular weight is 508 g/mol. The fourth-order valence-electron chi connectivity index (χ4n) is 5.92. The molecule has 194 valence electrons. The largest absolute Gasteiger partial charge is 0.441 e. The van der Waals surface area contributed by atoms with Crippen LogP contribution in [0.3, 0.4) is 0 Å². The summed E-state index contributed by atoms with van der Waals surface area (Å²) in [5.41, 5.74) is 9.26. The molecular weight excluding hydrogens is 474 g/mol. The maximum atomic E-state index is 12.5. The molecule has 38 heavy (non-hydrogen) atoms. The Hall–Kier alpha value is -3.93. The lowest BCUT2D eigenvalue weighted by Gasteiger charge is -2.21. The highest BCUT2D eigenvalue weighted by atomic mass is 16.6. The van der Waals surface area contributed by atoms with Gasteiger partial charge in [-0.05, 0) is 86.4 Å². The summed E-state index contributed by atoms with van der Waals surface area (Å²) in [5.74, 6) is 0.724. The molecule has 1 N–H and O–H groups in total. The van der Waals surface area contributed by atoms with Gasteiger partial charge in [-0.2, -0.15) is 0 Å². The van der Waals surface area contributed by atoms with Crippen LogP contribution in [0.25, 0.3) is 10.9 Å². The van der Waals surface area contributed by atoms with Gasteiger partial charge < -0.3 is 10.1 Å². The molecule has 6 nitrogen and oxygen atoms in total. The number of carbonyl (C=O) groups is 2. The van der Waals surface area contributed by atoms with Crippen molar-refractivity contribution in [2.24, 2.45) is 10.9 Å². The fraction of sp³-hybridized carbons (Fsp3) is 0.344. The Labute approximate surface area is 223 Å². The van der Waals surface area contributed by atoms with Crippen LogP contribution in [-0.2, 0) is 16.0 Å². The van der Waals surface area contributed by atoms with E-state index < -0.39 is 0 Å². The third-order valence-electron chi connectivity index (χ3n) is 8.07.